The van der Waals surface area contributed by atoms with E-state index in [0.717, 1.165) is 5.62 Å². The van der Waals surface area contributed by atoms with Crippen molar-refractivity contribution in [2.45, 2.75) is 99.0 Å². The molecule has 0 unspecified atom stereocenters. The van der Waals surface area contributed by atoms with E-state index in [4.69, 9.17) is 4.99 Å². The van der Waals surface area contributed by atoms with Gasteiger partial charge in [-0.05, 0) is 59.8 Å². The predicted octanol–water partition coefficient (Wildman–Crippen LogP) is 8.07. The summed E-state index contributed by atoms with van der Waals surface area (Å²) in [5.41, 5.74) is 9.03. The first-order chi connectivity index (χ1) is 15.5. The number of benzene rings is 2. The minimum Gasteiger partial charge on any atom is -0.285 e. The molecular weight excluding hydrogens is 402 g/mol. The van der Waals surface area contributed by atoms with Crippen LogP contribution in [0.4, 0.5) is 0 Å². The van der Waals surface area contributed by atoms with E-state index in [9.17, 15) is 0 Å². The van der Waals surface area contributed by atoms with Crippen LogP contribution in [0.5, 0.6) is 0 Å². The second-order valence-corrected chi connectivity index (χ2v) is 10.7. The summed E-state index contributed by atoms with van der Waals surface area (Å²) in [5.74, 6) is 1.71. The SMILES string of the molecule is CC(C)N=c1n(-c2c(C(C)C)cccc2C(C)C)ccn1-c1c(C(C)C)cccc1C(C)C. The van der Waals surface area contributed by atoms with Gasteiger partial charge in [0.15, 0.2) is 0 Å². The summed E-state index contributed by atoms with van der Waals surface area (Å²) < 4.78 is 4.68. The van der Waals surface area contributed by atoms with Gasteiger partial charge in [0.2, 0.25) is 5.62 Å². The van der Waals surface area contributed by atoms with E-state index >= 15 is 0 Å². The van der Waals surface area contributed by atoms with Crippen molar-refractivity contribution in [2.75, 3.05) is 0 Å². The maximum atomic E-state index is 5.20. The summed E-state index contributed by atoms with van der Waals surface area (Å²) >= 11 is 0. The van der Waals surface area contributed by atoms with E-state index < -0.39 is 0 Å². The Bertz CT molecular complexity index is 1020. The van der Waals surface area contributed by atoms with Crippen molar-refractivity contribution in [3.05, 3.63) is 76.7 Å². The average molecular weight is 446 g/mol. The topological polar surface area (TPSA) is 22.2 Å². The third kappa shape index (κ3) is 5.03. The number of hydrogen-bond donors (Lipinski definition) is 0. The highest BCUT2D eigenvalue weighted by Gasteiger charge is 2.21. The minimum atomic E-state index is 0.187. The number of hydrogen-bond acceptors (Lipinski definition) is 1. The number of aromatic nitrogens is 2. The van der Waals surface area contributed by atoms with Crippen LogP contribution in [0.3, 0.4) is 0 Å². The fraction of sp³-hybridized carbons (Fsp3) is 0.500. The maximum absolute atomic E-state index is 5.20. The van der Waals surface area contributed by atoms with Crippen LogP contribution >= 0.6 is 0 Å². The van der Waals surface area contributed by atoms with Gasteiger partial charge in [-0.25, -0.2) is 4.99 Å². The summed E-state index contributed by atoms with van der Waals surface area (Å²) in [6, 6.07) is 13.7. The molecule has 0 saturated carbocycles. The lowest BCUT2D eigenvalue weighted by Crippen LogP contribution is -2.28. The van der Waals surface area contributed by atoms with Crippen LogP contribution in [0.2, 0.25) is 0 Å². The van der Waals surface area contributed by atoms with E-state index in [1.807, 2.05) is 0 Å². The zero-order valence-corrected chi connectivity index (χ0v) is 22.3. The first-order valence-electron chi connectivity index (χ1n) is 12.6. The van der Waals surface area contributed by atoms with Crippen LogP contribution in [0.15, 0.2) is 53.8 Å². The van der Waals surface area contributed by atoms with Gasteiger partial charge in [-0.2, -0.15) is 0 Å². The second-order valence-electron chi connectivity index (χ2n) is 10.7. The van der Waals surface area contributed by atoms with Crippen molar-refractivity contribution < 1.29 is 0 Å². The van der Waals surface area contributed by atoms with Crippen molar-refractivity contribution in [1.82, 2.24) is 9.13 Å². The van der Waals surface area contributed by atoms with Crippen molar-refractivity contribution in [1.29, 1.82) is 0 Å². The summed E-state index contributed by atoms with van der Waals surface area (Å²) in [6.45, 7) is 22.6. The minimum absolute atomic E-state index is 0.187. The molecular formula is C30H43N3. The Hall–Kier alpha value is -2.55. The molecule has 0 aliphatic heterocycles. The van der Waals surface area contributed by atoms with Gasteiger partial charge in [-0.15, -0.1) is 0 Å². The standard InChI is InChI=1S/C30H43N3/c1-19(2)24-13-11-14-25(20(3)4)28(24)32-17-18-33(30(32)31-23(9)10)29-26(21(5)6)15-12-16-27(29)22(7)8/h11-23H,1-10H3. The Balaban J connectivity index is 2.47. The molecule has 0 aliphatic carbocycles. The molecule has 3 nitrogen and oxygen atoms in total. The van der Waals surface area contributed by atoms with Crippen LogP contribution in [0, 0.1) is 0 Å². The summed E-state index contributed by atoms with van der Waals surface area (Å²) in [4.78, 5) is 5.20. The third-order valence-corrected chi connectivity index (χ3v) is 6.34. The van der Waals surface area contributed by atoms with Gasteiger partial charge < -0.3 is 0 Å². The van der Waals surface area contributed by atoms with Gasteiger partial charge in [0.1, 0.15) is 0 Å². The van der Waals surface area contributed by atoms with Crippen LogP contribution in [0.1, 0.15) is 115 Å². The highest BCUT2D eigenvalue weighted by Crippen LogP contribution is 2.33. The summed E-state index contributed by atoms with van der Waals surface area (Å²) in [5, 5.41) is 0. The molecule has 178 valence electrons. The molecule has 3 aromatic rings. The molecule has 2 aromatic carbocycles. The smallest absolute Gasteiger partial charge is 0.214 e. The second kappa shape index (κ2) is 10.2. The molecule has 33 heavy (non-hydrogen) atoms. The van der Waals surface area contributed by atoms with Crippen molar-refractivity contribution >= 4 is 0 Å². The number of nitrogens with zero attached hydrogens (tertiary/aromatic N) is 3. The van der Waals surface area contributed by atoms with E-state index in [-0.39, 0.29) is 6.04 Å². The summed E-state index contributed by atoms with van der Waals surface area (Å²) in [6.07, 6.45) is 4.44. The molecule has 0 bridgehead atoms. The molecule has 0 amide bonds. The van der Waals surface area contributed by atoms with Crippen LogP contribution < -0.4 is 5.62 Å². The maximum Gasteiger partial charge on any atom is 0.214 e. The van der Waals surface area contributed by atoms with Gasteiger partial charge in [-0.3, -0.25) is 9.13 Å². The third-order valence-electron chi connectivity index (χ3n) is 6.34. The zero-order valence-electron chi connectivity index (χ0n) is 22.3. The Morgan fingerprint density at radius 3 is 1.06 bits per heavy atom. The molecule has 3 rings (SSSR count). The van der Waals surface area contributed by atoms with Gasteiger partial charge >= 0.3 is 0 Å². The lowest BCUT2D eigenvalue weighted by molar-refractivity contribution is 0.708. The van der Waals surface area contributed by atoms with Crippen LogP contribution in [-0.2, 0) is 0 Å². The van der Waals surface area contributed by atoms with Gasteiger partial charge in [0.25, 0.3) is 0 Å². The Morgan fingerprint density at radius 2 is 0.818 bits per heavy atom. The fourth-order valence-electron chi connectivity index (χ4n) is 4.67. The van der Waals surface area contributed by atoms with Crippen LogP contribution in [0.25, 0.3) is 11.4 Å². The van der Waals surface area contributed by atoms with Crippen molar-refractivity contribution in [3.8, 4) is 11.4 Å². The molecule has 0 radical (unpaired) electrons. The molecule has 0 N–H and O–H groups in total. The van der Waals surface area contributed by atoms with Crippen LogP contribution in [-0.4, -0.2) is 15.2 Å². The number of imidazole rings is 1. The van der Waals surface area contributed by atoms with Gasteiger partial charge in [-0.1, -0.05) is 91.8 Å². The Kier molecular flexibility index (Phi) is 7.72. The average Bonchev–Trinajstić information content (AvgIpc) is 3.14. The first-order valence-corrected chi connectivity index (χ1v) is 12.6. The van der Waals surface area contributed by atoms with E-state index in [1.54, 1.807) is 0 Å². The first kappa shape index (κ1) is 25.1. The lowest BCUT2D eigenvalue weighted by atomic mass is 9.92. The number of rotatable bonds is 7. The Morgan fingerprint density at radius 1 is 0.515 bits per heavy atom. The fourth-order valence-corrected chi connectivity index (χ4v) is 4.67. The lowest BCUT2D eigenvalue weighted by Gasteiger charge is -2.22. The highest BCUT2D eigenvalue weighted by molar-refractivity contribution is 5.54. The molecule has 0 spiro atoms. The van der Waals surface area contributed by atoms with E-state index in [2.05, 4.69) is 127 Å². The normalized spacial score (nSPS) is 12.1. The van der Waals surface area contributed by atoms with Crippen molar-refractivity contribution in [3.63, 3.8) is 0 Å². The Labute approximate surface area is 201 Å². The predicted molar refractivity (Wildman–Crippen MR) is 142 cm³/mol. The van der Waals surface area contributed by atoms with Crippen molar-refractivity contribution in [2.24, 2.45) is 4.99 Å². The molecule has 3 heteroatoms. The quantitative estimate of drug-likeness (QED) is 0.351. The molecule has 0 aliphatic rings. The van der Waals surface area contributed by atoms with E-state index in [1.165, 1.54) is 33.6 Å². The van der Waals surface area contributed by atoms with Gasteiger partial charge in [0.05, 0.1) is 11.4 Å². The summed E-state index contributed by atoms with van der Waals surface area (Å²) in [7, 11) is 0. The monoisotopic (exact) mass is 445 g/mol. The molecule has 1 heterocycles. The van der Waals surface area contributed by atoms with Gasteiger partial charge in [0, 0.05) is 18.4 Å². The molecule has 0 saturated heterocycles. The molecule has 1 aromatic heterocycles. The van der Waals surface area contributed by atoms with E-state index in [0.29, 0.717) is 23.7 Å². The highest BCUT2D eigenvalue weighted by atomic mass is 15.2. The molecule has 0 fully saturated rings. The number of para-hydroxylation sites is 2. The molecule has 0 atom stereocenters. The zero-order chi connectivity index (χ0) is 24.4. The largest absolute Gasteiger partial charge is 0.285 e.